The van der Waals surface area contributed by atoms with Crippen LogP contribution in [0, 0.1) is 0 Å². The Balaban J connectivity index is 3.08. The highest BCUT2D eigenvalue weighted by Gasteiger charge is 1.97. The van der Waals surface area contributed by atoms with Gasteiger partial charge in [-0.3, -0.25) is 15.0 Å². The number of amides is 2. The highest BCUT2D eigenvalue weighted by Crippen LogP contribution is 1.97. The van der Waals surface area contributed by atoms with E-state index in [-0.39, 0.29) is 11.8 Å². The Kier molecular flexibility index (Phi) is 6.91. The van der Waals surface area contributed by atoms with E-state index >= 15 is 0 Å². The second kappa shape index (κ2) is 7.54. The number of unbranched alkanes of at least 4 members (excludes halogenated alkanes) is 2. The van der Waals surface area contributed by atoms with Gasteiger partial charge in [-0.25, -0.2) is 5.84 Å². The van der Waals surface area contributed by atoms with E-state index in [0.717, 1.165) is 19.3 Å². The number of nitrogens with two attached hydrogens (primary N) is 1. The van der Waals surface area contributed by atoms with Gasteiger partial charge in [0.05, 0.1) is 0 Å². The third-order valence-electron chi connectivity index (χ3n) is 1.62. The lowest BCUT2D eigenvalue weighted by Crippen LogP contribution is -2.29. The fourth-order valence-electron chi connectivity index (χ4n) is 0.924. The van der Waals surface area contributed by atoms with Crippen LogP contribution in [0.25, 0.3) is 0 Å². The molecule has 0 saturated carbocycles. The van der Waals surface area contributed by atoms with Gasteiger partial charge in [0, 0.05) is 19.9 Å². The van der Waals surface area contributed by atoms with E-state index in [1.54, 1.807) is 0 Å². The van der Waals surface area contributed by atoms with Crippen molar-refractivity contribution in [1.82, 2.24) is 10.7 Å². The van der Waals surface area contributed by atoms with E-state index in [9.17, 15) is 9.59 Å². The first-order chi connectivity index (χ1) is 6.16. The third-order valence-corrected chi connectivity index (χ3v) is 1.62. The summed E-state index contributed by atoms with van der Waals surface area (Å²) in [5.41, 5.74) is 2.07. The highest BCUT2D eigenvalue weighted by molar-refractivity contribution is 5.75. The molecule has 0 aliphatic carbocycles. The highest BCUT2D eigenvalue weighted by atomic mass is 16.2. The summed E-state index contributed by atoms with van der Waals surface area (Å²) in [5, 5.41) is 2.68. The van der Waals surface area contributed by atoms with Crippen LogP contribution in [0.3, 0.4) is 0 Å². The minimum Gasteiger partial charge on any atom is -0.356 e. The molecule has 76 valence electrons. The Hall–Kier alpha value is -1.10. The summed E-state index contributed by atoms with van der Waals surface area (Å²) in [6.45, 7) is 2.17. The number of rotatable bonds is 6. The molecule has 0 rings (SSSR count). The largest absolute Gasteiger partial charge is 0.356 e. The van der Waals surface area contributed by atoms with E-state index in [1.165, 1.54) is 6.92 Å². The molecular formula is C8H17N3O2. The van der Waals surface area contributed by atoms with Gasteiger partial charge in [-0.1, -0.05) is 6.42 Å². The van der Waals surface area contributed by atoms with Gasteiger partial charge >= 0.3 is 0 Å². The lowest BCUT2D eigenvalue weighted by Gasteiger charge is -2.01. The molecule has 0 spiro atoms. The maximum atomic E-state index is 10.6. The molecule has 0 aromatic heterocycles. The Morgan fingerprint density at radius 2 is 1.92 bits per heavy atom. The predicted molar refractivity (Wildman–Crippen MR) is 49.5 cm³/mol. The monoisotopic (exact) mass is 187 g/mol. The molecule has 0 radical (unpaired) electrons. The van der Waals surface area contributed by atoms with Crippen LogP contribution in [0.2, 0.25) is 0 Å². The number of hydrazine groups is 1. The molecule has 5 nitrogen and oxygen atoms in total. The molecular weight excluding hydrogens is 170 g/mol. The molecule has 5 heteroatoms. The average molecular weight is 187 g/mol. The summed E-state index contributed by atoms with van der Waals surface area (Å²) in [5.74, 6) is 4.74. The van der Waals surface area contributed by atoms with Crippen molar-refractivity contribution in [2.45, 2.75) is 32.6 Å². The summed E-state index contributed by atoms with van der Waals surface area (Å²) in [4.78, 5) is 21.1. The van der Waals surface area contributed by atoms with Crippen LogP contribution >= 0.6 is 0 Å². The summed E-state index contributed by atoms with van der Waals surface area (Å²) in [7, 11) is 0. The zero-order valence-corrected chi connectivity index (χ0v) is 7.93. The molecule has 0 bridgehead atoms. The van der Waals surface area contributed by atoms with E-state index in [4.69, 9.17) is 5.84 Å². The standard InChI is InChI=1S/C8H17N3O2/c1-7(12)10-6-4-2-3-5-8(13)11-9/h2-6,9H2,1H3,(H,10,12)(H,11,13). The van der Waals surface area contributed by atoms with Gasteiger partial charge in [0.2, 0.25) is 11.8 Å². The predicted octanol–water partition coefficient (Wildman–Crippen LogP) is -0.327. The lowest BCUT2D eigenvalue weighted by molar-refractivity contribution is -0.121. The van der Waals surface area contributed by atoms with Crippen LogP contribution in [0.1, 0.15) is 32.6 Å². The summed E-state index contributed by atoms with van der Waals surface area (Å²) < 4.78 is 0. The van der Waals surface area contributed by atoms with Gasteiger partial charge in [-0.2, -0.15) is 0 Å². The topological polar surface area (TPSA) is 84.2 Å². The van der Waals surface area contributed by atoms with Crippen molar-refractivity contribution in [3.8, 4) is 0 Å². The smallest absolute Gasteiger partial charge is 0.233 e. The van der Waals surface area contributed by atoms with Crippen molar-refractivity contribution >= 4 is 11.8 Å². The Morgan fingerprint density at radius 3 is 2.46 bits per heavy atom. The van der Waals surface area contributed by atoms with Crippen molar-refractivity contribution in [3.05, 3.63) is 0 Å². The molecule has 0 aliphatic rings. The Labute approximate surface area is 78.0 Å². The van der Waals surface area contributed by atoms with Crippen molar-refractivity contribution in [1.29, 1.82) is 0 Å². The SMILES string of the molecule is CC(=O)NCCCCCC(=O)NN. The first-order valence-corrected chi connectivity index (χ1v) is 4.40. The zero-order valence-electron chi connectivity index (χ0n) is 7.93. The van der Waals surface area contributed by atoms with Crippen molar-refractivity contribution in [3.63, 3.8) is 0 Å². The van der Waals surface area contributed by atoms with Crippen LogP contribution in [0.4, 0.5) is 0 Å². The zero-order chi connectivity index (χ0) is 10.1. The molecule has 0 saturated heterocycles. The molecule has 0 heterocycles. The number of hydrogen-bond donors (Lipinski definition) is 3. The summed E-state index contributed by atoms with van der Waals surface area (Å²) in [6, 6.07) is 0. The molecule has 0 fully saturated rings. The van der Waals surface area contributed by atoms with Gasteiger partial charge in [-0.05, 0) is 12.8 Å². The van der Waals surface area contributed by atoms with Crippen molar-refractivity contribution in [2.24, 2.45) is 5.84 Å². The Bertz CT molecular complexity index is 171. The summed E-state index contributed by atoms with van der Waals surface area (Å²) in [6.07, 6.45) is 3.09. The van der Waals surface area contributed by atoms with E-state index in [2.05, 4.69) is 10.7 Å². The van der Waals surface area contributed by atoms with E-state index in [1.807, 2.05) is 0 Å². The van der Waals surface area contributed by atoms with Crippen LogP contribution < -0.4 is 16.6 Å². The second-order valence-electron chi connectivity index (χ2n) is 2.86. The first-order valence-electron chi connectivity index (χ1n) is 4.40. The molecule has 0 unspecified atom stereocenters. The Morgan fingerprint density at radius 1 is 1.23 bits per heavy atom. The van der Waals surface area contributed by atoms with Crippen LogP contribution in [0.5, 0.6) is 0 Å². The van der Waals surface area contributed by atoms with E-state index < -0.39 is 0 Å². The fraction of sp³-hybridized carbons (Fsp3) is 0.750. The minimum atomic E-state index is -0.139. The van der Waals surface area contributed by atoms with Gasteiger partial charge in [-0.15, -0.1) is 0 Å². The maximum absolute atomic E-state index is 10.6. The molecule has 13 heavy (non-hydrogen) atoms. The molecule has 2 amide bonds. The third kappa shape index (κ3) is 8.81. The van der Waals surface area contributed by atoms with E-state index in [0.29, 0.717) is 13.0 Å². The summed E-state index contributed by atoms with van der Waals surface area (Å²) >= 11 is 0. The fourth-order valence-corrected chi connectivity index (χ4v) is 0.924. The average Bonchev–Trinajstić information content (AvgIpc) is 2.10. The number of nitrogens with one attached hydrogen (secondary N) is 2. The molecule has 0 aromatic rings. The second-order valence-corrected chi connectivity index (χ2v) is 2.86. The molecule has 0 aromatic carbocycles. The van der Waals surface area contributed by atoms with Gasteiger partial charge in [0.1, 0.15) is 0 Å². The lowest BCUT2D eigenvalue weighted by atomic mass is 10.2. The molecule has 0 atom stereocenters. The number of carbonyl (C=O) groups excluding carboxylic acids is 2. The van der Waals surface area contributed by atoms with Crippen molar-refractivity contribution < 1.29 is 9.59 Å². The van der Waals surface area contributed by atoms with Gasteiger partial charge in [0.25, 0.3) is 0 Å². The van der Waals surface area contributed by atoms with Gasteiger partial charge < -0.3 is 5.32 Å². The minimum absolute atomic E-state index is 0.0142. The maximum Gasteiger partial charge on any atom is 0.233 e. The van der Waals surface area contributed by atoms with Gasteiger partial charge in [0.15, 0.2) is 0 Å². The van der Waals surface area contributed by atoms with Crippen LogP contribution in [0.15, 0.2) is 0 Å². The van der Waals surface area contributed by atoms with Crippen LogP contribution in [-0.4, -0.2) is 18.4 Å². The first kappa shape index (κ1) is 11.9. The van der Waals surface area contributed by atoms with Crippen molar-refractivity contribution in [2.75, 3.05) is 6.54 Å². The molecule has 0 aliphatic heterocycles. The molecule has 4 N–H and O–H groups in total. The number of carbonyl (C=O) groups is 2. The normalized spacial score (nSPS) is 9.38. The van der Waals surface area contributed by atoms with Crippen LogP contribution in [-0.2, 0) is 9.59 Å². The quantitative estimate of drug-likeness (QED) is 0.230. The number of hydrogen-bond acceptors (Lipinski definition) is 3.